The van der Waals surface area contributed by atoms with Gasteiger partial charge in [-0.15, -0.1) is 0 Å². The molecule has 0 aromatic heterocycles. The monoisotopic (exact) mass is 328 g/mol. The first-order valence-electron chi connectivity index (χ1n) is 9.16. The van der Waals surface area contributed by atoms with Crippen LogP contribution in [0.25, 0.3) is 0 Å². The lowest BCUT2D eigenvalue weighted by Gasteiger charge is -2.10. The Balaban J connectivity index is 1.63. The van der Waals surface area contributed by atoms with Gasteiger partial charge in [-0.25, -0.2) is 0 Å². The van der Waals surface area contributed by atoms with E-state index in [1.54, 1.807) is 12.1 Å². The van der Waals surface area contributed by atoms with Gasteiger partial charge in [-0.3, -0.25) is 4.79 Å². The number of nitrogens with one attached hydrogen (secondary N) is 1. The first kappa shape index (κ1) is 18.3. The quantitative estimate of drug-likeness (QED) is 0.604. The van der Waals surface area contributed by atoms with Gasteiger partial charge in [-0.05, 0) is 43.5 Å². The number of rotatable bonds is 11. The van der Waals surface area contributed by atoms with Crippen LogP contribution in [0.15, 0.2) is 24.3 Å². The average Bonchev–Trinajstić information content (AvgIpc) is 3.38. The molecule has 1 aromatic carbocycles. The van der Waals surface area contributed by atoms with Crippen LogP contribution in [-0.4, -0.2) is 18.1 Å². The Labute approximate surface area is 145 Å². The van der Waals surface area contributed by atoms with Crippen molar-refractivity contribution < 1.29 is 9.53 Å². The molecule has 1 fully saturated rings. The lowest BCUT2D eigenvalue weighted by molar-refractivity contribution is 0.0941. The van der Waals surface area contributed by atoms with Crippen molar-refractivity contribution >= 4 is 5.91 Å². The van der Waals surface area contributed by atoms with Gasteiger partial charge < -0.3 is 10.1 Å². The highest BCUT2D eigenvalue weighted by atomic mass is 16.5. The summed E-state index contributed by atoms with van der Waals surface area (Å²) in [6, 6.07) is 9.31. The summed E-state index contributed by atoms with van der Waals surface area (Å²) in [5, 5.41) is 11.8. The highest BCUT2D eigenvalue weighted by Crippen LogP contribution is 2.34. The summed E-state index contributed by atoms with van der Waals surface area (Å²) in [7, 11) is 0. The summed E-state index contributed by atoms with van der Waals surface area (Å²) >= 11 is 0. The van der Waals surface area contributed by atoms with Crippen LogP contribution in [0.4, 0.5) is 0 Å². The molecule has 1 amide bonds. The largest absolute Gasteiger partial charge is 0.494 e. The van der Waals surface area contributed by atoms with E-state index >= 15 is 0 Å². The number of benzene rings is 1. The zero-order chi connectivity index (χ0) is 17.3. The first-order chi connectivity index (χ1) is 11.7. The van der Waals surface area contributed by atoms with Gasteiger partial charge in [0.25, 0.3) is 5.91 Å². The summed E-state index contributed by atoms with van der Waals surface area (Å²) in [5.41, 5.74) is -0.0524. The lowest BCUT2D eigenvalue weighted by atomic mass is 10.1. The van der Waals surface area contributed by atoms with Crippen LogP contribution >= 0.6 is 0 Å². The Morgan fingerprint density at radius 2 is 1.75 bits per heavy atom. The molecular weight excluding hydrogens is 300 g/mol. The molecule has 1 aromatic rings. The molecule has 2 rings (SSSR count). The van der Waals surface area contributed by atoms with E-state index in [0.717, 1.165) is 31.6 Å². The van der Waals surface area contributed by atoms with Gasteiger partial charge in [0.05, 0.1) is 12.7 Å². The van der Waals surface area contributed by atoms with Gasteiger partial charge in [-0.2, -0.15) is 5.26 Å². The molecule has 1 N–H and O–H groups in total. The third kappa shape index (κ3) is 5.88. The molecule has 0 heterocycles. The lowest BCUT2D eigenvalue weighted by Crippen LogP contribution is -2.35. The number of ether oxygens (including phenoxy) is 1. The van der Waals surface area contributed by atoms with Crippen molar-refractivity contribution in [2.24, 2.45) is 0 Å². The van der Waals surface area contributed by atoms with Gasteiger partial charge in [0.15, 0.2) is 0 Å². The molecule has 0 bridgehead atoms. The maximum atomic E-state index is 12.1. The zero-order valence-corrected chi connectivity index (χ0v) is 14.6. The molecule has 4 nitrogen and oxygen atoms in total. The van der Waals surface area contributed by atoms with E-state index in [1.807, 2.05) is 12.1 Å². The van der Waals surface area contributed by atoms with Crippen LogP contribution in [0.3, 0.4) is 0 Å². The van der Waals surface area contributed by atoms with Crippen molar-refractivity contribution in [3.8, 4) is 11.8 Å². The smallest absolute Gasteiger partial charge is 0.252 e. The van der Waals surface area contributed by atoms with Crippen molar-refractivity contribution in [2.45, 2.75) is 70.3 Å². The Morgan fingerprint density at radius 3 is 2.33 bits per heavy atom. The minimum absolute atomic E-state index is 0.187. The van der Waals surface area contributed by atoms with Gasteiger partial charge >= 0.3 is 0 Å². The molecule has 0 saturated heterocycles. The Bertz CT molecular complexity index is 556. The number of unbranched alkanes of at least 4 members (excludes halogenated alkanes) is 6. The second-order valence-electron chi connectivity index (χ2n) is 6.64. The van der Waals surface area contributed by atoms with Gasteiger partial charge in [0.1, 0.15) is 11.3 Å². The molecule has 1 aliphatic carbocycles. The molecule has 24 heavy (non-hydrogen) atoms. The molecule has 0 aliphatic heterocycles. The molecule has 0 radical (unpaired) electrons. The Hall–Kier alpha value is -2.02. The standard InChI is InChI=1S/C20H28N2O2/c1-2-3-4-5-6-7-8-15-24-18-11-9-17(10-12-18)19(23)22-20(16-21)13-14-20/h9-12H,2-8,13-15H2,1H3,(H,22,23). The number of hydrogen-bond acceptors (Lipinski definition) is 3. The van der Waals surface area contributed by atoms with Crippen molar-refractivity contribution in [2.75, 3.05) is 6.61 Å². The van der Waals surface area contributed by atoms with E-state index in [4.69, 9.17) is 10.00 Å². The number of carbonyl (C=O) groups excluding carboxylic acids is 1. The zero-order valence-electron chi connectivity index (χ0n) is 14.6. The highest BCUT2D eigenvalue weighted by molar-refractivity contribution is 5.95. The Morgan fingerprint density at radius 1 is 1.12 bits per heavy atom. The summed E-state index contributed by atoms with van der Waals surface area (Å²) in [5.74, 6) is 0.603. The van der Waals surface area contributed by atoms with Crippen LogP contribution in [0.1, 0.15) is 75.1 Å². The van der Waals surface area contributed by atoms with Gasteiger partial charge in [-0.1, -0.05) is 45.4 Å². The molecule has 0 spiro atoms. The highest BCUT2D eigenvalue weighted by Gasteiger charge is 2.44. The number of hydrogen-bond donors (Lipinski definition) is 1. The first-order valence-corrected chi connectivity index (χ1v) is 9.16. The van der Waals surface area contributed by atoms with E-state index in [2.05, 4.69) is 18.3 Å². The van der Waals surface area contributed by atoms with Crippen LogP contribution < -0.4 is 10.1 Å². The minimum Gasteiger partial charge on any atom is -0.494 e. The molecule has 130 valence electrons. The summed E-state index contributed by atoms with van der Waals surface area (Å²) in [4.78, 5) is 12.1. The molecule has 0 atom stereocenters. The summed E-state index contributed by atoms with van der Waals surface area (Å²) in [6.45, 7) is 2.95. The number of amides is 1. The van der Waals surface area contributed by atoms with Crippen molar-refractivity contribution in [3.05, 3.63) is 29.8 Å². The SMILES string of the molecule is CCCCCCCCCOc1ccc(C(=O)NC2(C#N)CC2)cc1. The van der Waals surface area contributed by atoms with Crippen LogP contribution in [0.5, 0.6) is 5.75 Å². The fourth-order valence-corrected chi connectivity index (χ4v) is 2.63. The average molecular weight is 328 g/mol. The van der Waals surface area contributed by atoms with Crippen LogP contribution in [0, 0.1) is 11.3 Å². The van der Waals surface area contributed by atoms with Crippen molar-refractivity contribution in [1.29, 1.82) is 5.26 Å². The second kappa shape index (κ2) is 9.32. The summed E-state index contributed by atoms with van der Waals surface area (Å²) in [6.07, 6.45) is 10.3. The predicted octanol–water partition coefficient (Wildman–Crippen LogP) is 4.60. The fourth-order valence-electron chi connectivity index (χ4n) is 2.63. The third-order valence-electron chi connectivity index (χ3n) is 4.45. The van der Waals surface area contributed by atoms with E-state index in [9.17, 15) is 4.79 Å². The molecule has 1 aliphatic rings. The van der Waals surface area contributed by atoms with Gasteiger partial charge in [0.2, 0.25) is 0 Å². The van der Waals surface area contributed by atoms with E-state index in [-0.39, 0.29) is 5.91 Å². The molecule has 0 unspecified atom stereocenters. The van der Waals surface area contributed by atoms with E-state index in [0.29, 0.717) is 5.56 Å². The van der Waals surface area contributed by atoms with Crippen LogP contribution in [-0.2, 0) is 0 Å². The Kier molecular flexibility index (Phi) is 7.11. The molecule has 1 saturated carbocycles. The van der Waals surface area contributed by atoms with E-state index in [1.165, 1.54) is 38.5 Å². The van der Waals surface area contributed by atoms with Crippen molar-refractivity contribution in [3.63, 3.8) is 0 Å². The fraction of sp³-hybridized carbons (Fsp3) is 0.600. The molecule has 4 heteroatoms. The maximum Gasteiger partial charge on any atom is 0.252 e. The molecular formula is C20H28N2O2. The van der Waals surface area contributed by atoms with E-state index < -0.39 is 5.54 Å². The maximum absolute atomic E-state index is 12.1. The number of nitriles is 1. The normalized spacial score (nSPS) is 14.7. The minimum atomic E-state index is -0.622. The van der Waals surface area contributed by atoms with Crippen molar-refractivity contribution in [1.82, 2.24) is 5.32 Å². The van der Waals surface area contributed by atoms with Crippen LogP contribution in [0.2, 0.25) is 0 Å². The topological polar surface area (TPSA) is 62.1 Å². The second-order valence-corrected chi connectivity index (χ2v) is 6.64. The predicted molar refractivity (Wildman–Crippen MR) is 95.0 cm³/mol. The number of carbonyl (C=O) groups is 1. The third-order valence-corrected chi connectivity index (χ3v) is 4.45. The summed E-state index contributed by atoms with van der Waals surface area (Å²) < 4.78 is 5.72. The number of nitrogens with zero attached hydrogens (tertiary/aromatic N) is 1. The van der Waals surface area contributed by atoms with Gasteiger partial charge in [0, 0.05) is 5.56 Å².